The van der Waals surface area contributed by atoms with E-state index in [1.54, 1.807) is 0 Å². The first-order chi connectivity index (χ1) is 14.3. The maximum Gasteiger partial charge on any atom is 0.469 e. The molecule has 3 heterocycles. The minimum Gasteiger partial charge on any atom is -0.387 e. The third-order valence-corrected chi connectivity index (χ3v) is 5.31. The van der Waals surface area contributed by atoms with E-state index in [2.05, 4.69) is 24.8 Å². The largest absolute Gasteiger partial charge is 0.469 e. The summed E-state index contributed by atoms with van der Waals surface area (Å²) in [5.74, 6) is 0.186. The summed E-state index contributed by atoms with van der Waals surface area (Å²) < 4.78 is 23.2. The van der Waals surface area contributed by atoms with E-state index in [1.165, 1.54) is 17.2 Å². The van der Waals surface area contributed by atoms with Gasteiger partial charge in [0.1, 0.15) is 24.1 Å². The SMILES string of the molecule is Nc1ncnc2c1ncn2[C@@H]1O[C@H](COP(=O)(O)O)[C@@H](NCc2ccccc2)[C@H]1O. The molecule has 0 amide bonds. The van der Waals surface area contributed by atoms with Gasteiger partial charge >= 0.3 is 7.82 Å². The third-order valence-electron chi connectivity index (χ3n) is 4.83. The van der Waals surface area contributed by atoms with Crippen LogP contribution in [0.5, 0.6) is 0 Å². The fraction of sp³-hybridized carbons (Fsp3) is 0.353. The van der Waals surface area contributed by atoms with Crippen LogP contribution in [0.4, 0.5) is 5.82 Å². The van der Waals surface area contributed by atoms with Crippen molar-refractivity contribution in [3.8, 4) is 0 Å². The molecule has 6 N–H and O–H groups in total. The zero-order valence-electron chi connectivity index (χ0n) is 15.6. The summed E-state index contributed by atoms with van der Waals surface area (Å²) in [6.45, 7) is -0.0150. The van der Waals surface area contributed by atoms with E-state index in [1.807, 2.05) is 30.3 Å². The van der Waals surface area contributed by atoms with Crippen molar-refractivity contribution in [2.45, 2.75) is 31.0 Å². The number of ether oxygens (including phenoxy) is 1. The average Bonchev–Trinajstić information content (AvgIpc) is 3.27. The molecule has 160 valence electrons. The first kappa shape index (κ1) is 20.8. The number of hydrogen-bond acceptors (Lipinski definition) is 9. The Morgan fingerprint density at radius 2 is 2.00 bits per heavy atom. The van der Waals surface area contributed by atoms with Crippen LogP contribution in [0.2, 0.25) is 0 Å². The fourth-order valence-corrected chi connectivity index (χ4v) is 3.77. The van der Waals surface area contributed by atoms with Crippen LogP contribution in [-0.2, 0) is 20.4 Å². The highest BCUT2D eigenvalue weighted by Crippen LogP contribution is 2.39. The maximum absolute atomic E-state index is 11.2. The highest BCUT2D eigenvalue weighted by molar-refractivity contribution is 7.46. The first-order valence-corrected chi connectivity index (χ1v) is 10.6. The number of aromatic nitrogens is 4. The van der Waals surface area contributed by atoms with Crippen LogP contribution < -0.4 is 11.1 Å². The van der Waals surface area contributed by atoms with Gasteiger partial charge in [-0.1, -0.05) is 30.3 Å². The van der Waals surface area contributed by atoms with Crippen molar-refractivity contribution in [1.82, 2.24) is 24.8 Å². The number of nitrogens with zero attached hydrogens (tertiary/aromatic N) is 4. The first-order valence-electron chi connectivity index (χ1n) is 9.07. The highest BCUT2D eigenvalue weighted by atomic mass is 31.2. The topological polar surface area (TPSA) is 178 Å². The number of aliphatic hydroxyl groups is 1. The van der Waals surface area contributed by atoms with Gasteiger partial charge in [0.25, 0.3) is 0 Å². The third kappa shape index (κ3) is 4.35. The highest BCUT2D eigenvalue weighted by Gasteiger charge is 2.45. The molecule has 0 saturated carbocycles. The van der Waals surface area contributed by atoms with E-state index in [0.717, 1.165) is 5.56 Å². The number of nitrogen functional groups attached to an aromatic ring is 1. The number of fused-ring (bicyclic) bond motifs is 1. The molecular formula is C17H21N6O6P. The maximum atomic E-state index is 11.2. The average molecular weight is 436 g/mol. The number of anilines is 1. The molecule has 1 fully saturated rings. The molecule has 2 aromatic heterocycles. The lowest BCUT2D eigenvalue weighted by molar-refractivity contribution is -0.0484. The predicted molar refractivity (Wildman–Crippen MR) is 105 cm³/mol. The Bertz CT molecular complexity index is 1060. The second-order valence-electron chi connectivity index (χ2n) is 6.82. The number of rotatable bonds is 7. The van der Waals surface area contributed by atoms with Crippen molar-refractivity contribution in [2.75, 3.05) is 12.3 Å². The van der Waals surface area contributed by atoms with Crippen LogP contribution in [0.25, 0.3) is 11.2 Å². The van der Waals surface area contributed by atoms with Gasteiger partial charge in [0.2, 0.25) is 0 Å². The predicted octanol–water partition coefficient (Wildman–Crippen LogP) is -0.0655. The summed E-state index contributed by atoms with van der Waals surface area (Å²) in [4.78, 5) is 30.3. The Labute approximate surface area is 170 Å². The quantitative estimate of drug-likeness (QED) is 0.313. The van der Waals surface area contributed by atoms with E-state index in [-0.39, 0.29) is 5.82 Å². The minimum absolute atomic E-state index is 0.186. The van der Waals surface area contributed by atoms with Gasteiger partial charge in [0.05, 0.1) is 19.0 Å². The summed E-state index contributed by atoms with van der Waals surface area (Å²) >= 11 is 0. The van der Waals surface area contributed by atoms with Gasteiger partial charge in [-0.3, -0.25) is 9.09 Å². The lowest BCUT2D eigenvalue weighted by Crippen LogP contribution is -2.45. The van der Waals surface area contributed by atoms with E-state index in [4.69, 9.17) is 20.3 Å². The summed E-state index contributed by atoms with van der Waals surface area (Å²) in [7, 11) is -4.71. The van der Waals surface area contributed by atoms with Crippen LogP contribution >= 0.6 is 7.82 Å². The van der Waals surface area contributed by atoms with Crippen molar-refractivity contribution >= 4 is 24.8 Å². The van der Waals surface area contributed by atoms with Crippen molar-refractivity contribution < 1.29 is 28.7 Å². The Kier molecular flexibility index (Phi) is 5.80. The second-order valence-corrected chi connectivity index (χ2v) is 8.06. The molecule has 13 heteroatoms. The molecule has 3 aromatic rings. The van der Waals surface area contributed by atoms with Crippen LogP contribution in [0.15, 0.2) is 43.0 Å². The van der Waals surface area contributed by atoms with Crippen molar-refractivity contribution in [1.29, 1.82) is 0 Å². The summed E-state index contributed by atoms with van der Waals surface area (Å²) in [5, 5.41) is 14.2. The molecule has 1 aromatic carbocycles. The lowest BCUT2D eigenvalue weighted by atomic mass is 10.1. The molecule has 12 nitrogen and oxygen atoms in total. The number of phosphoric ester groups is 1. The standard InChI is InChI=1S/C17H21N6O6P/c18-15-13-16(21-8-20-15)23(9-22-13)17-14(24)12(11(29-17)7-28-30(25,26)27)19-6-10-4-2-1-3-5-10/h1-5,8-9,11-12,14,17,19,24H,6-7H2,(H2,18,20,21)(H2,25,26,27)/t11-,12-,14-,17-/m1/s1. The van der Waals surface area contributed by atoms with Gasteiger partial charge in [-0.2, -0.15) is 0 Å². The fourth-order valence-electron chi connectivity index (χ4n) is 3.43. The van der Waals surface area contributed by atoms with E-state index in [0.29, 0.717) is 17.7 Å². The van der Waals surface area contributed by atoms with Gasteiger partial charge in [-0.25, -0.2) is 19.5 Å². The van der Waals surface area contributed by atoms with Gasteiger partial charge in [-0.05, 0) is 5.56 Å². The molecule has 0 spiro atoms. The minimum atomic E-state index is -4.71. The van der Waals surface area contributed by atoms with E-state index in [9.17, 15) is 9.67 Å². The number of phosphoric acid groups is 1. The van der Waals surface area contributed by atoms with Crippen molar-refractivity contribution in [2.24, 2.45) is 0 Å². The Morgan fingerprint density at radius 1 is 1.23 bits per heavy atom. The van der Waals surface area contributed by atoms with Gasteiger partial charge < -0.3 is 30.7 Å². The van der Waals surface area contributed by atoms with Crippen molar-refractivity contribution in [3.63, 3.8) is 0 Å². The normalized spacial score (nSPS) is 24.5. The molecule has 0 aliphatic carbocycles. The number of hydrogen-bond donors (Lipinski definition) is 5. The molecule has 1 aliphatic rings. The number of nitrogens with one attached hydrogen (secondary N) is 1. The smallest absolute Gasteiger partial charge is 0.387 e. The Morgan fingerprint density at radius 3 is 2.73 bits per heavy atom. The number of nitrogens with two attached hydrogens (primary N) is 1. The van der Waals surface area contributed by atoms with Gasteiger partial charge in [-0.15, -0.1) is 0 Å². The molecule has 30 heavy (non-hydrogen) atoms. The zero-order valence-corrected chi connectivity index (χ0v) is 16.5. The molecule has 0 bridgehead atoms. The molecule has 1 aliphatic heterocycles. The summed E-state index contributed by atoms with van der Waals surface area (Å²) in [5.41, 5.74) is 7.51. The molecule has 4 atom stereocenters. The molecule has 4 rings (SSSR count). The lowest BCUT2D eigenvalue weighted by Gasteiger charge is -2.22. The van der Waals surface area contributed by atoms with Crippen LogP contribution in [0, 0.1) is 0 Å². The molecule has 0 unspecified atom stereocenters. The zero-order chi connectivity index (χ0) is 21.3. The summed E-state index contributed by atoms with van der Waals surface area (Å²) in [6.07, 6.45) is -0.172. The Balaban J connectivity index is 1.59. The van der Waals surface area contributed by atoms with Crippen LogP contribution in [-0.4, -0.2) is 59.3 Å². The Hall–Kier alpha value is -2.44. The monoisotopic (exact) mass is 436 g/mol. The molecular weight excluding hydrogens is 415 g/mol. The number of aliphatic hydroxyl groups excluding tert-OH is 1. The van der Waals surface area contributed by atoms with Crippen LogP contribution in [0.3, 0.4) is 0 Å². The van der Waals surface area contributed by atoms with E-state index >= 15 is 0 Å². The van der Waals surface area contributed by atoms with Crippen molar-refractivity contribution in [3.05, 3.63) is 48.5 Å². The van der Waals surface area contributed by atoms with Gasteiger partial charge in [0.15, 0.2) is 17.7 Å². The second kappa shape index (κ2) is 8.36. The summed E-state index contributed by atoms with van der Waals surface area (Å²) in [6, 6.07) is 8.81. The molecule has 1 saturated heterocycles. The molecule has 0 radical (unpaired) electrons. The van der Waals surface area contributed by atoms with E-state index < -0.39 is 38.9 Å². The van der Waals surface area contributed by atoms with Crippen LogP contribution in [0.1, 0.15) is 11.8 Å². The number of benzene rings is 1. The number of imidazole rings is 1. The van der Waals surface area contributed by atoms with Gasteiger partial charge in [0, 0.05) is 6.54 Å².